The number of nitrogens with one attached hydrogen (secondary N) is 1. The molecule has 1 amide bonds. The first-order valence-corrected chi connectivity index (χ1v) is 10.3. The van der Waals surface area contributed by atoms with Crippen LogP contribution in [0.15, 0.2) is 60.9 Å². The normalized spacial score (nSPS) is 14.0. The Morgan fingerprint density at radius 2 is 1.58 bits per heavy atom. The van der Waals surface area contributed by atoms with Gasteiger partial charge in [-0.3, -0.25) is 0 Å². The molecule has 170 valence electrons. The molecule has 2 unspecified atom stereocenters. The molecule has 1 aliphatic rings. The zero-order valence-electron chi connectivity index (χ0n) is 17.8. The largest absolute Gasteiger partial charge is 0.463 e. The predicted molar refractivity (Wildman–Crippen MR) is 117 cm³/mol. The van der Waals surface area contributed by atoms with Crippen LogP contribution in [0.4, 0.5) is 4.79 Å². The summed E-state index contributed by atoms with van der Waals surface area (Å²) in [5, 5.41) is 22.9. The highest BCUT2D eigenvalue weighted by atomic mass is 16.5. The number of alkyl carbamates (subject to hydrolysis) is 1. The molecule has 0 spiro atoms. The molecule has 4 rings (SSSR count). The Balaban J connectivity index is 1.31. The second-order valence-corrected chi connectivity index (χ2v) is 7.55. The Bertz CT molecular complexity index is 1110. The van der Waals surface area contributed by atoms with Gasteiger partial charge in [0, 0.05) is 30.4 Å². The van der Waals surface area contributed by atoms with E-state index in [0.29, 0.717) is 0 Å². The number of nitrogens with zero attached hydrogens (tertiary/aromatic N) is 2. The number of aliphatic hydroxyl groups excluding tert-OH is 2. The van der Waals surface area contributed by atoms with Crippen molar-refractivity contribution in [3.05, 3.63) is 83.4 Å². The number of fused-ring (bicyclic) bond motifs is 3. The summed E-state index contributed by atoms with van der Waals surface area (Å²) in [4.78, 5) is 31.2. The van der Waals surface area contributed by atoms with Gasteiger partial charge in [-0.05, 0) is 22.3 Å². The van der Waals surface area contributed by atoms with Gasteiger partial charge in [-0.1, -0.05) is 48.5 Å². The number of esters is 1. The van der Waals surface area contributed by atoms with Crippen molar-refractivity contribution >= 4 is 12.1 Å². The third-order valence-corrected chi connectivity index (χ3v) is 5.54. The Hall–Kier alpha value is -3.82. The smallest absolute Gasteiger partial charge is 0.407 e. The van der Waals surface area contributed by atoms with E-state index in [4.69, 9.17) is 4.74 Å². The van der Waals surface area contributed by atoms with Crippen molar-refractivity contribution in [1.82, 2.24) is 15.3 Å². The Morgan fingerprint density at radius 1 is 1.00 bits per heavy atom. The van der Waals surface area contributed by atoms with Crippen LogP contribution in [-0.2, 0) is 9.47 Å². The lowest BCUT2D eigenvalue weighted by atomic mass is 9.98. The minimum absolute atomic E-state index is 0.0795. The first-order valence-electron chi connectivity index (χ1n) is 10.3. The van der Waals surface area contributed by atoms with E-state index < -0.39 is 24.3 Å². The number of benzene rings is 2. The summed E-state index contributed by atoms with van der Waals surface area (Å²) >= 11 is 0. The van der Waals surface area contributed by atoms with Crippen LogP contribution < -0.4 is 5.32 Å². The van der Waals surface area contributed by atoms with Crippen molar-refractivity contribution in [1.29, 1.82) is 0 Å². The molecule has 9 nitrogen and oxygen atoms in total. The summed E-state index contributed by atoms with van der Waals surface area (Å²) in [6.07, 6.45) is -0.995. The fourth-order valence-electron chi connectivity index (χ4n) is 3.86. The second-order valence-electron chi connectivity index (χ2n) is 7.55. The molecule has 0 saturated heterocycles. The fourth-order valence-corrected chi connectivity index (χ4v) is 3.86. The Labute approximate surface area is 190 Å². The van der Waals surface area contributed by atoms with Gasteiger partial charge in [-0.2, -0.15) is 0 Å². The van der Waals surface area contributed by atoms with Gasteiger partial charge in [0.05, 0.1) is 7.11 Å². The molecule has 0 saturated carbocycles. The van der Waals surface area contributed by atoms with Gasteiger partial charge < -0.3 is 25.0 Å². The highest BCUT2D eigenvalue weighted by Crippen LogP contribution is 2.44. The molecule has 1 aliphatic carbocycles. The molecule has 33 heavy (non-hydrogen) atoms. The summed E-state index contributed by atoms with van der Waals surface area (Å²) in [5.41, 5.74) is 4.63. The van der Waals surface area contributed by atoms with E-state index >= 15 is 0 Å². The number of aromatic nitrogens is 2. The van der Waals surface area contributed by atoms with Crippen LogP contribution in [0.2, 0.25) is 0 Å². The topological polar surface area (TPSA) is 131 Å². The summed E-state index contributed by atoms with van der Waals surface area (Å²) in [5.74, 6) is -0.961. The number of rotatable bonds is 7. The quantitative estimate of drug-likeness (QED) is 0.468. The number of hydrogen-bond donors (Lipinski definition) is 3. The lowest BCUT2D eigenvalue weighted by molar-refractivity contribution is 0.0180. The number of methoxy groups -OCH3 is 1. The number of carbonyl (C=O) groups excluding carboxylic acids is 2. The van der Waals surface area contributed by atoms with Crippen molar-refractivity contribution in [2.75, 3.05) is 20.3 Å². The fraction of sp³-hybridized carbons (Fsp3) is 0.250. The molecule has 3 aromatic rings. The molecule has 1 aromatic heterocycles. The minimum Gasteiger partial charge on any atom is -0.463 e. The van der Waals surface area contributed by atoms with Crippen LogP contribution in [0.1, 0.15) is 39.3 Å². The summed E-state index contributed by atoms with van der Waals surface area (Å²) < 4.78 is 9.92. The van der Waals surface area contributed by atoms with E-state index in [1.54, 1.807) is 0 Å². The van der Waals surface area contributed by atoms with Gasteiger partial charge in [0.1, 0.15) is 18.8 Å². The second kappa shape index (κ2) is 9.76. The van der Waals surface area contributed by atoms with Crippen LogP contribution in [0.3, 0.4) is 0 Å². The van der Waals surface area contributed by atoms with E-state index in [1.807, 2.05) is 48.5 Å². The predicted octanol–water partition coefficient (Wildman–Crippen LogP) is 2.20. The highest BCUT2D eigenvalue weighted by Gasteiger charge is 2.29. The molecule has 2 aromatic carbocycles. The molecule has 9 heteroatoms. The van der Waals surface area contributed by atoms with E-state index in [-0.39, 0.29) is 30.5 Å². The Morgan fingerprint density at radius 3 is 2.15 bits per heavy atom. The van der Waals surface area contributed by atoms with E-state index in [2.05, 4.69) is 20.0 Å². The van der Waals surface area contributed by atoms with Crippen LogP contribution >= 0.6 is 0 Å². The molecule has 0 radical (unpaired) electrons. The lowest BCUT2D eigenvalue weighted by Crippen LogP contribution is -2.36. The monoisotopic (exact) mass is 449 g/mol. The summed E-state index contributed by atoms with van der Waals surface area (Å²) in [6.45, 7) is -0.113. The summed E-state index contributed by atoms with van der Waals surface area (Å²) in [7, 11) is 1.20. The first-order chi connectivity index (χ1) is 16.0. The maximum Gasteiger partial charge on any atom is 0.407 e. The highest BCUT2D eigenvalue weighted by molar-refractivity contribution is 5.84. The van der Waals surface area contributed by atoms with Gasteiger partial charge in [0.15, 0.2) is 0 Å². The van der Waals surface area contributed by atoms with Crippen LogP contribution in [-0.4, -0.2) is 58.6 Å². The molecular formula is C24H23N3O6. The number of carbonyl (C=O) groups is 2. The average molecular weight is 449 g/mol. The van der Waals surface area contributed by atoms with Crippen LogP contribution in [0.5, 0.6) is 0 Å². The number of aliphatic hydroxyl groups is 2. The average Bonchev–Trinajstić information content (AvgIpc) is 3.18. The standard InChI is InChI=1S/C24H23N3O6/c1-32-23(30)22-25-10-14(11-26-22)21(29)20(28)12-27-24(31)33-13-19-17-8-4-2-6-15(17)16-7-3-5-9-18(16)19/h2-11,19-21,28-29H,12-13H2,1H3,(H,27,31). The molecule has 0 aliphatic heterocycles. The van der Waals surface area contributed by atoms with Crippen molar-refractivity contribution in [2.45, 2.75) is 18.1 Å². The lowest BCUT2D eigenvalue weighted by Gasteiger charge is -2.19. The van der Waals surface area contributed by atoms with Gasteiger partial charge in [-0.25, -0.2) is 19.6 Å². The summed E-state index contributed by atoms with van der Waals surface area (Å²) in [6, 6.07) is 16.0. The molecule has 0 fully saturated rings. The number of ether oxygens (including phenoxy) is 2. The molecule has 1 heterocycles. The van der Waals surface area contributed by atoms with Crippen molar-refractivity contribution < 1.29 is 29.3 Å². The SMILES string of the molecule is COC(=O)c1ncc(C(O)C(O)CNC(=O)OCC2c3ccccc3-c3ccccc32)cn1. The molecule has 2 atom stereocenters. The molecular weight excluding hydrogens is 426 g/mol. The van der Waals surface area contributed by atoms with Gasteiger partial charge in [0.25, 0.3) is 0 Å². The van der Waals surface area contributed by atoms with Gasteiger partial charge >= 0.3 is 12.1 Å². The van der Waals surface area contributed by atoms with E-state index in [1.165, 1.54) is 19.5 Å². The van der Waals surface area contributed by atoms with Gasteiger partial charge in [0.2, 0.25) is 5.82 Å². The van der Waals surface area contributed by atoms with Crippen molar-refractivity contribution in [3.8, 4) is 11.1 Å². The molecule has 3 N–H and O–H groups in total. The van der Waals surface area contributed by atoms with Crippen molar-refractivity contribution in [3.63, 3.8) is 0 Å². The maximum absolute atomic E-state index is 12.2. The minimum atomic E-state index is -1.37. The Kier molecular flexibility index (Phi) is 6.62. The zero-order valence-corrected chi connectivity index (χ0v) is 17.8. The third kappa shape index (κ3) is 4.69. The maximum atomic E-state index is 12.2. The number of amides is 1. The molecule has 0 bridgehead atoms. The number of hydrogen-bond acceptors (Lipinski definition) is 8. The zero-order chi connectivity index (χ0) is 23.4. The van der Waals surface area contributed by atoms with Crippen molar-refractivity contribution in [2.24, 2.45) is 0 Å². The van der Waals surface area contributed by atoms with E-state index in [0.717, 1.165) is 22.3 Å². The van der Waals surface area contributed by atoms with Crippen LogP contribution in [0.25, 0.3) is 11.1 Å². The van der Waals surface area contributed by atoms with Crippen LogP contribution in [0, 0.1) is 0 Å². The first kappa shape index (κ1) is 22.4. The van der Waals surface area contributed by atoms with E-state index in [9.17, 15) is 19.8 Å². The third-order valence-electron chi connectivity index (χ3n) is 5.54. The van der Waals surface area contributed by atoms with Gasteiger partial charge in [-0.15, -0.1) is 0 Å².